The van der Waals surface area contributed by atoms with Crippen LogP contribution >= 0.6 is 0 Å². The van der Waals surface area contributed by atoms with E-state index in [0.717, 1.165) is 30.8 Å². The van der Waals surface area contributed by atoms with Gasteiger partial charge < -0.3 is 24.2 Å². The van der Waals surface area contributed by atoms with Crippen molar-refractivity contribution in [2.45, 2.75) is 62.1 Å². The minimum absolute atomic E-state index is 0.0139. The van der Waals surface area contributed by atoms with Crippen molar-refractivity contribution in [3.63, 3.8) is 0 Å². The Kier molecular flexibility index (Phi) is 6.75. The van der Waals surface area contributed by atoms with Gasteiger partial charge in [0.25, 0.3) is 0 Å². The molecule has 2 saturated heterocycles. The zero-order valence-electron chi connectivity index (χ0n) is 21.8. The largest absolute Gasteiger partial charge is 0.497 e. The van der Waals surface area contributed by atoms with Crippen LogP contribution in [0.1, 0.15) is 55.6 Å². The van der Waals surface area contributed by atoms with Crippen LogP contribution in [-0.4, -0.2) is 54.1 Å². The van der Waals surface area contributed by atoms with E-state index in [1.807, 2.05) is 41.3 Å². The Morgan fingerprint density at radius 3 is 2.21 bits per heavy atom. The third-order valence-corrected chi connectivity index (χ3v) is 8.52. The van der Waals surface area contributed by atoms with Gasteiger partial charge in [-0.1, -0.05) is 54.6 Å². The van der Waals surface area contributed by atoms with Crippen molar-refractivity contribution >= 4 is 6.09 Å². The van der Waals surface area contributed by atoms with Gasteiger partial charge in [-0.3, -0.25) is 0 Å². The number of methoxy groups -OCH3 is 1. The van der Waals surface area contributed by atoms with Crippen molar-refractivity contribution in [1.29, 1.82) is 0 Å². The fraction of sp³-hybridized carbons (Fsp3) is 0.406. The van der Waals surface area contributed by atoms with Gasteiger partial charge in [0.1, 0.15) is 18.1 Å². The van der Waals surface area contributed by atoms with Gasteiger partial charge in [-0.05, 0) is 66.5 Å². The number of ether oxygens (including phenoxy) is 3. The Morgan fingerprint density at radius 2 is 1.55 bits per heavy atom. The molecule has 2 bridgehead atoms. The average Bonchev–Trinajstić information content (AvgIpc) is 3.25. The van der Waals surface area contributed by atoms with Crippen LogP contribution in [0.5, 0.6) is 11.5 Å². The predicted molar refractivity (Wildman–Crippen MR) is 146 cm³/mol. The van der Waals surface area contributed by atoms with E-state index in [1.54, 1.807) is 7.11 Å². The lowest BCUT2D eigenvalue weighted by Crippen LogP contribution is -2.60. The molecule has 1 amide bonds. The van der Waals surface area contributed by atoms with E-state index in [9.17, 15) is 9.90 Å². The fourth-order valence-electron chi connectivity index (χ4n) is 6.75. The lowest BCUT2D eigenvalue weighted by atomic mass is 9.74. The highest BCUT2D eigenvalue weighted by molar-refractivity contribution is 5.79. The van der Waals surface area contributed by atoms with Crippen LogP contribution < -0.4 is 9.47 Å². The molecule has 3 aliphatic rings. The van der Waals surface area contributed by atoms with E-state index in [0.29, 0.717) is 32.5 Å². The first-order valence-corrected chi connectivity index (χ1v) is 13.7. The Bertz CT molecular complexity index is 1250. The van der Waals surface area contributed by atoms with Crippen molar-refractivity contribution in [1.82, 2.24) is 4.90 Å². The molecule has 0 spiro atoms. The second-order valence-corrected chi connectivity index (χ2v) is 10.9. The highest BCUT2D eigenvalue weighted by Crippen LogP contribution is 2.45. The van der Waals surface area contributed by atoms with E-state index < -0.39 is 5.60 Å². The maximum Gasteiger partial charge on any atom is 0.410 e. The number of fused-ring (bicyclic) bond motifs is 5. The molecule has 2 fully saturated rings. The molecule has 1 N–H and O–H groups in total. The average molecular weight is 514 g/mol. The van der Waals surface area contributed by atoms with Crippen LogP contribution in [0.15, 0.2) is 72.8 Å². The first kappa shape index (κ1) is 24.8. The van der Waals surface area contributed by atoms with E-state index >= 15 is 0 Å². The number of hydrogen-bond acceptors (Lipinski definition) is 5. The maximum absolute atomic E-state index is 13.4. The molecule has 38 heavy (non-hydrogen) atoms. The number of rotatable bonds is 7. The molecular formula is C32H35NO5. The number of nitrogens with zero attached hydrogens (tertiary/aromatic N) is 1. The van der Waals surface area contributed by atoms with Gasteiger partial charge in [0.05, 0.1) is 19.3 Å². The van der Waals surface area contributed by atoms with Crippen molar-refractivity contribution in [3.05, 3.63) is 83.9 Å². The minimum atomic E-state index is -0.852. The molecule has 2 heterocycles. The van der Waals surface area contributed by atoms with Gasteiger partial charge in [0.15, 0.2) is 0 Å². The maximum atomic E-state index is 13.4. The van der Waals surface area contributed by atoms with Gasteiger partial charge >= 0.3 is 6.09 Å². The van der Waals surface area contributed by atoms with Gasteiger partial charge in [-0.15, -0.1) is 0 Å². The first-order chi connectivity index (χ1) is 18.5. The van der Waals surface area contributed by atoms with Crippen molar-refractivity contribution in [2.75, 3.05) is 20.3 Å². The second-order valence-electron chi connectivity index (χ2n) is 10.9. The standard InChI is InChI=1S/C32H35NO5/c1-36-24-10-7-11-25(18-24)37-17-16-32(35)19-22-8-6-9-23(20-32)33(22)31(34)38-21-30-28-14-4-2-12-26(28)27-13-3-5-15-29(27)30/h2-5,7,10-15,18,22-23,30,35H,6,8-9,16-17,19-21H2,1H3. The smallest absolute Gasteiger partial charge is 0.410 e. The lowest BCUT2D eigenvalue weighted by Gasteiger charge is -2.51. The molecule has 3 aromatic rings. The summed E-state index contributed by atoms with van der Waals surface area (Å²) in [5, 5.41) is 11.5. The summed E-state index contributed by atoms with van der Waals surface area (Å²) < 4.78 is 17.2. The number of amides is 1. The summed E-state index contributed by atoms with van der Waals surface area (Å²) in [7, 11) is 1.63. The third-order valence-electron chi connectivity index (χ3n) is 8.52. The number of piperidine rings is 2. The van der Waals surface area contributed by atoms with Crippen LogP contribution in [-0.2, 0) is 4.74 Å². The quantitative estimate of drug-likeness (QED) is 0.410. The number of hydrogen-bond donors (Lipinski definition) is 1. The number of aliphatic hydroxyl groups is 1. The van der Waals surface area contributed by atoms with E-state index in [4.69, 9.17) is 14.2 Å². The van der Waals surface area contributed by atoms with Crippen molar-refractivity contribution in [3.8, 4) is 22.6 Å². The van der Waals surface area contributed by atoms with E-state index in [2.05, 4.69) is 36.4 Å². The molecule has 0 radical (unpaired) electrons. The first-order valence-electron chi connectivity index (χ1n) is 13.7. The number of benzene rings is 3. The highest BCUT2D eigenvalue weighted by Gasteiger charge is 2.48. The van der Waals surface area contributed by atoms with Crippen LogP contribution in [0.4, 0.5) is 4.79 Å². The van der Waals surface area contributed by atoms with Gasteiger partial charge in [-0.2, -0.15) is 0 Å². The third kappa shape index (κ3) is 4.73. The summed E-state index contributed by atoms with van der Waals surface area (Å²) in [5.41, 5.74) is 4.02. The minimum Gasteiger partial charge on any atom is -0.497 e. The normalized spacial score (nSPS) is 23.9. The second kappa shape index (κ2) is 10.3. The van der Waals surface area contributed by atoms with Crippen LogP contribution in [0.25, 0.3) is 11.1 Å². The summed E-state index contributed by atoms with van der Waals surface area (Å²) >= 11 is 0. The molecule has 6 rings (SSSR count). The zero-order valence-corrected chi connectivity index (χ0v) is 21.8. The molecule has 1 aliphatic carbocycles. The molecule has 6 nitrogen and oxygen atoms in total. The molecule has 2 unspecified atom stereocenters. The Morgan fingerprint density at radius 1 is 0.921 bits per heavy atom. The van der Waals surface area contributed by atoms with Gasteiger partial charge in [-0.25, -0.2) is 4.79 Å². The molecule has 198 valence electrons. The SMILES string of the molecule is COc1cccc(OCCC2(O)CC3CCCC(C2)N3C(=O)OCC2c3ccccc3-c3ccccc32)c1. The van der Waals surface area contributed by atoms with Crippen LogP contribution in [0, 0.1) is 0 Å². The Balaban J connectivity index is 1.09. The molecule has 2 atom stereocenters. The van der Waals surface area contributed by atoms with Crippen LogP contribution in [0.2, 0.25) is 0 Å². The van der Waals surface area contributed by atoms with E-state index in [1.165, 1.54) is 22.3 Å². The van der Waals surface area contributed by atoms with Gasteiger partial charge in [0, 0.05) is 30.5 Å². The fourth-order valence-corrected chi connectivity index (χ4v) is 6.75. The summed E-state index contributed by atoms with van der Waals surface area (Å²) in [5.74, 6) is 1.51. The zero-order chi connectivity index (χ0) is 26.1. The summed E-state index contributed by atoms with van der Waals surface area (Å²) in [6.45, 7) is 0.732. The molecule has 2 aliphatic heterocycles. The molecule has 3 aromatic carbocycles. The summed E-state index contributed by atoms with van der Waals surface area (Å²) in [4.78, 5) is 15.4. The summed E-state index contributed by atoms with van der Waals surface area (Å²) in [6, 6.07) is 24.2. The topological polar surface area (TPSA) is 68.2 Å². The van der Waals surface area contributed by atoms with Crippen molar-refractivity contribution in [2.24, 2.45) is 0 Å². The molecule has 0 aromatic heterocycles. The van der Waals surface area contributed by atoms with Crippen molar-refractivity contribution < 1.29 is 24.1 Å². The highest BCUT2D eigenvalue weighted by atomic mass is 16.6. The van der Waals surface area contributed by atoms with E-state index in [-0.39, 0.29) is 24.1 Å². The number of carbonyl (C=O) groups is 1. The Hall–Kier alpha value is -3.51. The molecule has 0 saturated carbocycles. The van der Waals surface area contributed by atoms with Gasteiger partial charge in [0.2, 0.25) is 0 Å². The molecular weight excluding hydrogens is 478 g/mol. The predicted octanol–water partition coefficient (Wildman–Crippen LogP) is 6.16. The Labute approximate surface area is 224 Å². The number of carbonyl (C=O) groups excluding carboxylic acids is 1. The summed E-state index contributed by atoms with van der Waals surface area (Å²) in [6.07, 6.45) is 4.22. The lowest BCUT2D eigenvalue weighted by molar-refractivity contribution is -0.0924. The monoisotopic (exact) mass is 513 g/mol. The molecule has 6 heteroatoms. The van der Waals surface area contributed by atoms with Crippen LogP contribution in [0.3, 0.4) is 0 Å².